The highest BCUT2D eigenvalue weighted by atomic mass is 16.6. The Morgan fingerprint density at radius 3 is 2.14 bits per heavy atom. The first-order chi connectivity index (χ1) is 36.8. The van der Waals surface area contributed by atoms with Gasteiger partial charge in [-0.15, -0.1) is 0 Å². The van der Waals surface area contributed by atoms with Gasteiger partial charge in [-0.25, -0.2) is 9.78 Å². The topological polar surface area (TPSA) is 298 Å². The van der Waals surface area contributed by atoms with Gasteiger partial charge in [-0.1, -0.05) is 70.0 Å². The number of amides is 3. The molecule has 76 heavy (non-hydrogen) atoms. The van der Waals surface area contributed by atoms with Gasteiger partial charge in [-0.2, -0.15) is 10.1 Å². The Balaban J connectivity index is 1.11. The van der Waals surface area contributed by atoms with Crippen LogP contribution in [-0.2, 0) is 68.9 Å². The van der Waals surface area contributed by atoms with Gasteiger partial charge < -0.3 is 61.6 Å². The van der Waals surface area contributed by atoms with Gasteiger partial charge in [-0.3, -0.25) is 23.9 Å². The van der Waals surface area contributed by atoms with Crippen molar-refractivity contribution >= 4 is 52.3 Å². The lowest BCUT2D eigenvalue weighted by atomic mass is 9.73. The van der Waals surface area contributed by atoms with Gasteiger partial charge >= 0.3 is 12.0 Å². The number of nitrogens with one attached hydrogen (secondary N) is 3. The number of nitrogen functional groups attached to an aromatic ring is 1. The molecule has 21 nitrogen and oxygen atoms in total. The van der Waals surface area contributed by atoms with E-state index in [1.165, 1.54) is 0 Å². The minimum Gasteiger partial charge on any atom is -0.496 e. The largest absolute Gasteiger partial charge is 0.496 e. The monoisotopic (exact) mass is 1060 g/mol. The number of hydrogen-bond donors (Lipinski definition) is 6. The fourth-order valence-corrected chi connectivity index (χ4v) is 8.78. The first-order valence-corrected chi connectivity index (χ1v) is 26.8. The van der Waals surface area contributed by atoms with Gasteiger partial charge in [-0.05, 0) is 73.1 Å². The summed E-state index contributed by atoms with van der Waals surface area (Å²) in [6.07, 6.45) is 8.09. The number of anilines is 2. The number of urea groups is 1. The van der Waals surface area contributed by atoms with Crippen LogP contribution in [0, 0.1) is 23.7 Å². The van der Waals surface area contributed by atoms with Crippen LogP contribution in [0.25, 0.3) is 11.0 Å². The zero-order valence-electron chi connectivity index (χ0n) is 45.0. The highest BCUT2D eigenvalue weighted by Gasteiger charge is 2.34. The van der Waals surface area contributed by atoms with E-state index in [2.05, 4.69) is 32.8 Å². The summed E-state index contributed by atoms with van der Waals surface area (Å²) in [5, 5.41) is 13.5. The van der Waals surface area contributed by atoms with Crippen LogP contribution in [0.2, 0.25) is 0 Å². The first kappa shape index (κ1) is 60.6. The number of carbonyl (C=O) groups excluding carboxylic acids is 5. The second kappa shape index (κ2) is 33.0. The summed E-state index contributed by atoms with van der Waals surface area (Å²) >= 11 is 0. The van der Waals surface area contributed by atoms with E-state index in [9.17, 15) is 24.0 Å². The third kappa shape index (κ3) is 20.7. The Morgan fingerprint density at radius 1 is 0.842 bits per heavy atom. The summed E-state index contributed by atoms with van der Waals surface area (Å²) in [7, 11) is 1.63. The lowest BCUT2D eigenvalue weighted by molar-refractivity contribution is -0.153. The van der Waals surface area contributed by atoms with E-state index >= 15 is 0 Å². The zero-order chi connectivity index (χ0) is 54.7. The van der Waals surface area contributed by atoms with Gasteiger partial charge in [0.15, 0.2) is 17.1 Å². The fraction of sp³-hybridized carbons (Fsp3) is 0.600. The first-order valence-electron chi connectivity index (χ1n) is 26.8. The second-order valence-electron chi connectivity index (χ2n) is 19.6. The number of methoxy groups -OCH3 is 1. The summed E-state index contributed by atoms with van der Waals surface area (Å²) < 4.78 is 35.3. The van der Waals surface area contributed by atoms with Crippen molar-refractivity contribution in [3.05, 3.63) is 70.9 Å². The standard InChI is InChI=1S/C55H82N10O11/c1-5-6-20-59-51-50-47(62-54(57)63-51)35-65(64-50)34-42-17-16-40(32-49(42)71-4)30-45(41-9-7-10-41)53(69)76-36-39-14-12-38(13-15-39)31-48(67)46(11-8-21-60-55(58)70)61-52(68)44(37(2)3)33-43(66)18-22-72-24-26-74-28-29-75-27-25-73-23-19-56/h12-17,32,35,37,41,44-46H,5-11,18-31,33-34,36,56H2,1-4H3,(H,61,68)(H3,58,60,70)(H3,57,59,62,63)/t44-,45?,46-/m0/s1. The summed E-state index contributed by atoms with van der Waals surface area (Å²) in [6.45, 7) is 10.9. The van der Waals surface area contributed by atoms with Crippen LogP contribution < -0.4 is 37.9 Å². The molecule has 0 aliphatic heterocycles. The van der Waals surface area contributed by atoms with Crippen LogP contribution in [0.1, 0.15) is 101 Å². The van der Waals surface area contributed by atoms with E-state index in [4.69, 9.17) is 50.7 Å². The van der Waals surface area contributed by atoms with Crippen molar-refractivity contribution in [1.82, 2.24) is 30.4 Å². The Labute approximate surface area is 446 Å². The van der Waals surface area contributed by atoms with Crippen LogP contribution in [0.4, 0.5) is 16.6 Å². The maximum atomic E-state index is 13.9. The van der Waals surface area contributed by atoms with Gasteiger partial charge in [0, 0.05) is 50.4 Å². The number of ether oxygens (including phenoxy) is 6. The van der Waals surface area contributed by atoms with E-state index in [1.807, 2.05) is 62.5 Å². The molecule has 5 rings (SSSR count). The second-order valence-corrected chi connectivity index (χ2v) is 19.6. The van der Waals surface area contributed by atoms with Crippen LogP contribution in [0.3, 0.4) is 0 Å². The number of nitrogens with zero attached hydrogens (tertiary/aromatic N) is 4. The summed E-state index contributed by atoms with van der Waals surface area (Å²) in [5.41, 5.74) is 21.3. The average Bonchev–Trinajstić information content (AvgIpc) is 3.80. The molecule has 2 aromatic carbocycles. The molecule has 9 N–H and O–H groups in total. The third-order valence-electron chi connectivity index (χ3n) is 13.4. The molecule has 3 atom stereocenters. The van der Waals surface area contributed by atoms with Crippen molar-refractivity contribution in [3.8, 4) is 5.75 Å². The number of benzene rings is 2. The summed E-state index contributed by atoms with van der Waals surface area (Å²) in [4.78, 5) is 74.6. The number of unbranched alkanes of at least 4 members (excludes halogenated alkanes) is 1. The van der Waals surface area contributed by atoms with Crippen molar-refractivity contribution < 1.29 is 52.4 Å². The molecule has 2 aromatic heterocycles. The summed E-state index contributed by atoms with van der Waals surface area (Å²) in [5.74, 6) is -0.545. The predicted molar refractivity (Wildman–Crippen MR) is 288 cm³/mol. The van der Waals surface area contributed by atoms with Crippen molar-refractivity contribution in [1.29, 1.82) is 0 Å². The number of fused-ring (bicyclic) bond motifs is 1. The molecule has 4 aromatic rings. The maximum absolute atomic E-state index is 13.9. The Morgan fingerprint density at radius 2 is 1.51 bits per heavy atom. The number of primary amides is 1. The highest BCUT2D eigenvalue weighted by Crippen LogP contribution is 2.37. The van der Waals surface area contributed by atoms with Gasteiger partial charge in [0.1, 0.15) is 23.7 Å². The van der Waals surface area contributed by atoms with Crippen LogP contribution >= 0.6 is 0 Å². The minimum atomic E-state index is -0.879. The van der Waals surface area contributed by atoms with Crippen molar-refractivity contribution in [2.24, 2.45) is 35.1 Å². The molecule has 0 spiro atoms. The van der Waals surface area contributed by atoms with Gasteiger partial charge in [0.05, 0.1) is 84.7 Å². The normalized spacial score (nSPS) is 13.7. The molecule has 418 valence electrons. The van der Waals surface area contributed by atoms with Crippen LogP contribution in [0.15, 0.2) is 48.7 Å². The smallest absolute Gasteiger partial charge is 0.312 e. The average molecular weight is 1060 g/mol. The van der Waals surface area contributed by atoms with Crippen LogP contribution in [0.5, 0.6) is 5.75 Å². The molecule has 1 fully saturated rings. The number of ketones is 2. The molecule has 3 amide bonds. The maximum Gasteiger partial charge on any atom is 0.312 e. The summed E-state index contributed by atoms with van der Waals surface area (Å²) in [6, 6.07) is 11.7. The fourth-order valence-electron chi connectivity index (χ4n) is 8.78. The Hall–Kier alpha value is -6.26. The highest BCUT2D eigenvalue weighted by molar-refractivity contribution is 5.93. The third-order valence-corrected chi connectivity index (χ3v) is 13.4. The van der Waals surface area contributed by atoms with E-state index in [-0.39, 0.29) is 86.7 Å². The van der Waals surface area contributed by atoms with Crippen molar-refractivity contribution in [2.45, 2.75) is 111 Å². The number of Topliss-reactive ketones (excluding diaryl/α,β-unsaturated/α-hetero) is 2. The van der Waals surface area contributed by atoms with Crippen molar-refractivity contribution in [2.75, 3.05) is 90.6 Å². The zero-order valence-corrected chi connectivity index (χ0v) is 45.0. The number of aromatic nitrogens is 4. The molecule has 1 unspecified atom stereocenters. The number of hydrogen-bond acceptors (Lipinski definition) is 17. The SMILES string of the molecule is CCCCNc1nc(N)nc2cn(Cc3ccc(CC(C(=O)OCc4ccc(CC(=O)[C@H](CCCNC(N)=O)NC(=O)[C@@H](CC(=O)CCOCCOCCOCCOCCN)C(C)C)cc4)C4CCC4)cc3OC)nc12. The molecular weight excluding hydrogens is 977 g/mol. The van der Waals surface area contributed by atoms with E-state index in [0.29, 0.717) is 100 Å². The van der Waals surface area contributed by atoms with E-state index in [1.54, 1.807) is 11.8 Å². The van der Waals surface area contributed by atoms with Gasteiger partial charge in [0.25, 0.3) is 0 Å². The molecule has 2 heterocycles. The van der Waals surface area contributed by atoms with Crippen LogP contribution in [-0.4, -0.2) is 135 Å². The quantitative estimate of drug-likeness (QED) is 0.0251. The lowest BCUT2D eigenvalue weighted by Gasteiger charge is -2.32. The Bertz CT molecular complexity index is 2430. The van der Waals surface area contributed by atoms with Crippen molar-refractivity contribution in [3.63, 3.8) is 0 Å². The molecule has 0 radical (unpaired) electrons. The Kier molecular flexibility index (Phi) is 26.3. The van der Waals surface area contributed by atoms with E-state index < -0.39 is 23.9 Å². The molecule has 0 saturated heterocycles. The number of rotatable bonds is 39. The van der Waals surface area contributed by atoms with Gasteiger partial charge in [0.2, 0.25) is 11.9 Å². The molecule has 1 aliphatic rings. The minimum absolute atomic E-state index is 0.00694. The number of nitrogens with two attached hydrogens (primary N) is 3. The van der Waals surface area contributed by atoms with E-state index in [0.717, 1.165) is 55.3 Å². The molecule has 1 aliphatic carbocycles. The lowest BCUT2D eigenvalue weighted by Crippen LogP contribution is -2.46. The number of carbonyl (C=O) groups is 5. The number of esters is 1. The molecule has 0 bridgehead atoms. The molecule has 21 heteroatoms. The molecular formula is C55H82N10O11. The molecule has 1 saturated carbocycles. The predicted octanol–water partition coefficient (Wildman–Crippen LogP) is 5.07.